The summed E-state index contributed by atoms with van der Waals surface area (Å²) in [4.78, 5) is 23.4. The zero-order chi connectivity index (χ0) is 15.9. The fourth-order valence-corrected chi connectivity index (χ4v) is 1.66. The number of carbonyl (C=O) groups is 2. The summed E-state index contributed by atoms with van der Waals surface area (Å²) >= 11 is 0. The lowest BCUT2D eigenvalue weighted by atomic mass is 10.1. The topological polar surface area (TPSA) is 52.6 Å². The van der Waals surface area contributed by atoms with Gasteiger partial charge in [-0.3, -0.25) is 4.79 Å². The van der Waals surface area contributed by atoms with Crippen LogP contribution in [-0.2, 0) is 14.3 Å². The molecule has 1 rings (SSSR count). The summed E-state index contributed by atoms with van der Waals surface area (Å²) in [6.45, 7) is 7.60. The van der Waals surface area contributed by atoms with Crippen molar-refractivity contribution in [2.45, 2.75) is 39.7 Å². The third-order valence-electron chi connectivity index (χ3n) is 2.47. The zero-order valence-corrected chi connectivity index (χ0v) is 13.0. The van der Waals surface area contributed by atoms with Gasteiger partial charge in [-0.1, -0.05) is 30.4 Å². The molecular weight excluding hydrogens is 268 g/mol. The maximum absolute atomic E-state index is 12.1. The first-order valence-corrected chi connectivity index (χ1v) is 6.98. The van der Waals surface area contributed by atoms with Gasteiger partial charge in [0.2, 0.25) is 0 Å². The average molecular weight is 290 g/mol. The molecule has 114 valence electrons. The average Bonchev–Trinajstić information content (AvgIpc) is 2.37. The molecule has 4 heteroatoms. The van der Waals surface area contributed by atoms with Gasteiger partial charge in [-0.2, -0.15) is 0 Å². The maximum atomic E-state index is 12.1. The van der Waals surface area contributed by atoms with Crippen LogP contribution in [0.15, 0.2) is 30.3 Å². The van der Waals surface area contributed by atoms with Crippen molar-refractivity contribution in [3.8, 4) is 0 Å². The molecule has 0 N–H and O–H groups in total. The van der Waals surface area contributed by atoms with Crippen molar-refractivity contribution < 1.29 is 19.1 Å². The smallest absolute Gasteiger partial charge is 0.339 e. The molecule has 0 aliphatic heterocycles. The van der Waals surface area contributed by atoms with Crippen LogP contribution in [0.5, 0.6) is 0 Å². The molecule has 0 aliphatic rings. The third kappa shape index (κ3) is 6.25. The highest BCUT2D eigenvalue weighted by Crippen LogP contribution is 2.17. The number of hydrogen-bond acceptors (Lipinski definition) is 4. The molecule has 0 heterocycles. The van der Waals surface area contributed by atoms with Crippen molar-refractivity contribution in [2.24, 2.45) is 0 Å². The molecule has 0 saturated heterocycles. The predicted molar refractivity (Wildman–Crippen MR) is 81.9 cm³/mol. The van der Waals surface area contributed by atoms with Gasteiger partial charge in [0.1, 0.15) is 5.60 Å². The van der Waals surface area contributed by atoms with Crippen molar-refractivity contribution >= 4 is 18.0 Å². The van der Waals surface area contributed by atoms with Gasteiger partial charge in [-0.15, -0.1) is 0 Å². The molecule has 0 aromatic heterocycles. The maximum Gasteiger partial charge on any atom is 0.339 e. The first-order chi connectivity index (χ1) is 9.83. The molecule has 0 spiro atoms. The summed E-state index contributed by atoms with van der Waals surface area (Å²) in [7, 11) is 0. The summed E-state index contributed by atoms with van der Waals surface area (Å²) in [5, 5.41) is 0. The lowest BCUT2D eigenvalue weighted by molar-refractivity contribution is -0.142. The van der Waals surface area contributed by atoms with Crippen LogP contribution in [0.4, 0.5) is 0 Å². The molecule has 1 aromatic rings. The quantitative estimate of drug-likeness (QED) is 0.777. The molecule has 0 radical (unpaired) electrons. The van der Waals surface area contributed by atoms with Crippen LogP contribution in [0, 0.1) is 0 Å². The Hall–Kier alpha value is -2.10. The fourth-order valence-electron chi connectivity index (χ4n) is 1.66. The third-order valence-corrected chi connectivity index (χ3v) is 2.47. The second kappa shape index (κ2) is 7.62. The van der Waals surface area contributed by atoms with Crippen molar-refractivity contribution in [1.82, 2.24) is 0 Å². The van der Waals surface area contributed by atoms with Crippen LogP contribution in [0.1, 0.15) is 50.0 Å². The standard InChI is InChI=1S/C17H22O4/c1-5-20-15(18)12-8-10-13-9-6-7-11-14(13)16(19)21-17(2,3)4/h6-11H,5,12H2,1-4H3. The van der Waals surface area contributed by atoms with E-state index >= 15 is 0 Å². The van der Waals surface area contributed by atoms with E-state index in [1.54, 1.807) is 37.3 Å². The molecule has 0 bridgehead atoms. The Morgan fingerprint density at radius 1 is 1.19 bits per heavy atom. The Balaban J connectivity index is 2.82. The molecule has 21 heavy (non-hydrogen) atoms. The second-order valence-electron chi connectivity index (χ2n) is 5.50. The van der Waals surface area contributed by atoms with E-state index in [1.807, 2.05) is 26.8 Å². The predicted octanol–water partition coefficient (Wildman–Crippen LogP) is 3.61. The van der Waals surface area contributed by atoms with Gasteiger partial charge in [0.25, 0.3) is 0 Å². The van der Waals surface area contributed by atoms with E-state index in [2.05, 4.69) is 0 Å². The van der Waals surface area contributed by atoms with Gasteiger partial charge >= 0.3 is 11.9 Å². The Labute approximate surface area is 125 Å². The van der Waals surface area contributed by atoms with Crippen LogP contribution < -0.4 is 0 Å². The van der Waals surface area contributed by atoms with E-state index < -0.39 is 5.60 Å². The first-order valence-electron chi connectivity index (χ1n) is 6.98. The monoisotopic (exact) mass is 290 g/mol. The van der Waals surface area contributed by atoms with Crippen molar-refractivity contribution in [3.63, 3.8) is 0 Å². The van der Waals surface area contributed by atoms with Crippen LogP contribution in [-0.4, -0.2) is 24.1 Å². The summed E-state index contributed by atoms with van der Waals surface area (Å²) < 4.78 is 10.2. The van der Waals surface area contributed by atoms with Crippen molar-refractivity contribution in [1.29, 1.82) is 0 Å². The number of esters is 2. The number of benzene rings is 1. The summed E-state index contributed by atoms with van der Waals surface area (Å²) in [6, 6.07) is 7.12. The van der Waals surface area contributed by atoms with Crippen LogP contribution in [0.25, 0.3) is 6.08 Å². The molecular formula is C17H22O4. The highest BCUT2D eigenvalue weighted by molar-refractivity contribution is 5.94. The van der Waals surface area contributed by atoms with Gasteiger partial charge < -0.3 is 9.47 Å². The van der Waals surface area contributed by atoms with Crippen molar-refractivity contribution in [3.05, 3.63) is 41.5 Å². The second-order valence-corrected chi connectivity index (χ2v) is 5.50. The Morgan fingerprint density at radius 2 is 1.86 bits per heavy atom. The Bertz CT molecular complexity index is 524. The van der Waals surface area contributed by atoms with Gasteiger partial charge in [0, 0.05) is 0 Å². The molecule has 0 saturated carbocycles. The fraction of sp³-hybridized carbons (Fsp3) is 0.412. The molecule has 0 atom stereocenters. The van der Waals surface area contributed by atoms with Gasteiger partial charge in [0.15, 0.2) is 0 Å². The zero-order valence-electron chi connectivity index (χ0n) is 13.0. The molecule has 4 nitrogen and oxygen atoms in total. The first kappa shape index (κ1) is 17.0. The summed E-state index contributed by atoms with van der Waals surface area (Å²) in [6.07, 6.45) is 3.59. The Kier molecular flexibility index (Phi) is 6.15. The van der Waals surface area contributed by atoms with Crippen LogP contribution in [0.3, 0.4) is 0 Å². The normalized spacial score (nSPS) is 11.4. The molecule has 0 fully saturated rings. The number of carbonyl (C=O) groups excluding carboxylic acids is 2. The number of hydrogen-bond donors (Lipinski definition) is 0. The van der Waals surface area contributed by atoms with E-state index in [4.69, 9.17) is 9.47 Å². The van der Waals surface area contributed by atoms with Gasteiger partial charge in [-0.05, 0) is 39.3 Å². The van der Waals surface area contributed by atoms with Crippen LogP contribution >= 0.6 is 0 Å². The Morgan fingerprint density at radius 3 is 2.48 bits per heavy atom. The lowest BCUT2D eigenvalue weighted by Crippen LogP contribution is -2.24. The lowest BCUT2D eigenvalue weighted by Gasteiger charge is -2.20. The van der Waals surface area contributed by atoms with E-state index in [-0.39, 0.29) is 18.4 Å². The minimum Gasteiger partial charge on any atom is -0.466 e. The molecule has 0 unspecified atom stereocenters. The largest absolute Gasteiger partial charge is 0.466 e. The highest BCUT2D eigenvalue weighted by Gasteiger charge is 2.19. The van der Waals surface area contributed by atoms with E-state index in [0.717, 1.165) is 5.56 Å². The van der Waals surface area contributed by atoms with Gasteiger partial charge in [-0.25, -0.2) is 4.79 Å². The van der Waals surface area contributed by atoms with E-state index in [9.17, 15) is 9.59 Å². The van der Waals surface area contributed by atoms with Crippen LogP contribution in [0.2, 0.25) is 0 Å². The molecule has 0 amide bonds. The van der Waals surface area contributed by atoms with Crippen molar-refractivity contribution in [2.75, 3.05) is 6.61 Å². The highest BCUT2D eigenvalue weighted by atomic mass is 16.6. The van der Waals surface area contributed by atoms with E-state index in [1.165, 1.54) is 0 Å². The molecule has 1 aromatic carbocycles. The molecule has 0 aliphatic carbocycles. The number of ether oxygens (including phenoxy) is 2. The summed E-state index contributed by atoms with van der Waals surface area (Å²) in [5.74, 6) is -0.664. The SMILES string of the molecule is CCOC(=O)CC=Cc1ccccc1C(=O)OC(C)(C)C. The van der Waals surface area contributed by atoms with E-state index in [0.29, 0.717) is 12.2 Å². The minimum absolute atomic E-state index is 0.177. The summed E-state index contributed by atoms with van der Waals surface area (Å²) in [5.41, 5.74) is 0.655. The number of rotatable bonds is 5. The van der Waals surface area contributed by atoms with Gasteiger partial charge in [0.05, 0.1) is 18.6 Å². The minimum atomic E-state index is -0.543.